The van der Waals surface area contributed by atoms with E-state index < -0.39 is 0 Å². The van der Waals surface area contributed by atoms with E-state index in [1.165, 1.54) is 0 Å². The van der Waals surface area contributed by atoms with Crippen LogP contribution in [0.5, 0.6) is 5.75 Å². The van der Waals surface area contributed by atoms with Crippen LogP contribution in [-0.4, -0.2) is 42.2 Å². The van der Waals surface area contributed by atoms with E-state index in [2.05, 4.69) is 12.2 Å². The predicted molar refractivity (Wildman–Crippen MR) is 114 cm³/mol. The molecule has 3 rings (SSSR count). The first-order valence-corrected chi connectivity index (χ1v) is 10.1. The molecular formula is C22H22N2O4S. The molecule has 0 aliphatic carbocycles. The Labute approximate surface area is 173 Å². The number of hydrogen-bond acceptors (Lipinski definition) is 5. The first-order valence-electron chi connectivity index (χ1n) is 9.28. The van der Waals surface area contributed by atoms with Gasteiger partial charge in [-0.25, -0.2) is 0 Å². The van der Waals surface area contributed by atoms with Gasteiger partial charge >= 0.3 is 0 Å². The second-order valence-electron chi connectivity index (χ2n) is 6.41. The Balaban J connectivity index is 1.56. The van der Waals surface area contributed by atoms with E-state index in [0.29, 0.717) is 10.5 Å². The Kier molecular flexibility index (Phi) is 6.72. The molecule has 0 spiro atoms. The van der Waals surface area contributed by atoms with Crippen molar-refractivity contribution in [2.75, 3.05) is 20.2 Å². The van der Waals surface area contributed by atoms with Gasteiger partial charge in [0, 0.05) is 18.7 Å². The molecule has 7 heteroatoms. The highest BCUT2D eigenvalue weighted by Crippen LogP contribution is 2.32. The zero-order chi connectivity index (χ0) is 20.8. The molecule has 2 aromatic carbocycles. The number of thioether (sulfide) groups is 1. The van der Waals surface area contributed by atoms with Gasteiger partial charge in [0.05, 0.1) is 12.0 Å². The van der Waals surface area contributed by atoms with Crippen LogP contribution in [-0.2, 0) is 11.2 Å². The second kappa shape index (κ2) is 9.43. The second-order valence-corrected chi connectivity index (χ2v) is 7.41. The van der Waals surface area contributed by atoms with E-state index in [1.807, 2.05) is 24.3 Å². The minimum atomic E-state index is -0.350. The molecule has 0 radical (unpaired) electrons. The molecule has 0 atom stereocenters. The van der Waals surface area contributed by atoms with Gasteiger partial charge in [0.1, 0.15) is 5.75 Å². The summed E-state index contributed by atoms with van der Waals surface area (Å²) in [4.78, 5) is 38.5. The lowest BCUT2D eigenvalue weighted by atomic mass is 10.1. The average molecular weight is 410 g/mol. The number of hydrogen-bond donors (Lipinski definition) is 1. The van der Waals surface area contributed by atoms with Crippen molar-refractivity contribution >= 4 is 34.9 Å². The molecule has 1 aliphatic heterocycles. The van der Waals surface area contributed by atoms with E-state index in [-0.39, 0.29) is 30.1 Å². The standard InChI is InChI=1S/C22H22N2O4S/c1-3-15-4-8-17(9-5-15)20(25)23-12-13-24-21(26)19(29-22(24)27)14-16-6-10-18(28-2)11-7-16/h4-11,14H,3,12-13H2,1-2H3,(H,23,25). The van der Waals surface area contributed by atoms with Crippen molar-refractivity contribution in [3.63, 3.8) is 0 Å². The number of carbonyl (C=O) groups is 3. The highest BCUT2D eigenvalue weighted by Gasteiger charge is 2.34. The fourth-order valence-electron chi connectivity index (χ4n) is 2.82. The van der Waals surface area contributed by atoms with Gasteiger partial charge in [0.25, 0.3) is 17.1 Å². The Morgan fingerprint density at radius 2 is 1.79 bits per heavy atom. The summed E-state index contributed by atoms with van der Waals surface area (Å²) in [6.07, 6.45) is 2.59. The summed E-state index contributed by atoms with van der Waals surface area (Å²) in [5, 5.41) is 2.42. The molecule has 0 unspecified atom stereocenters. The third-order valence-corrected chi connectivity index (χ3v) is 5.44. The molecule has 1 saturated heterocycles. The summed E-state index contributed by atoms with van der Waals surface area (Å²) in [5.74, 6) is 0.140. The van der Waals surface area contributed by atoms with Crippen LogP contribution in [0.4, 0.5) is 4.79 Å². The number of imide groups is 1. The van der Waals surface area contributed by atoms with Crippen LogP contribution in [0.2, 0.25) is 0 Å². The number of rotatable bonds is 7. The molecule has 3 amide bonds. The Bertz CT molecular complexity index is 936. The van der Waals surface area contributed by atoms with Crippen LogP contribution >= 0.6 is 11.8 Å². The summed E-state index contributed by atoms with van der Waals surface area (Å²) in [7, 11) is 1.58. The normalized spacial score (nSPS) is 15.1. The Morgan fingerprint density at radius 1 is 1.10 bits per heavy atom. The molecule has 1 heterocycles. The largest absolute Gasteiger partial charge is 0.497 e. The minimum Gasteiger partial charge on any atom is -0.497 e. The van der Waals surface area contributed by atoms with Gasteiger partial charge in [0.2, 0.25) is 0 Å². The van der Waals surface area contributed by atoms with Crippen molar-refractivity contribution in [2.24, 2.45) is 0 Å². The van der Waals surface area contributed by atoms with Crippen LogP contribution in [0.3, 0.4) is 0 Å². The third kappa shape index (κ3) is 5.06. The Morgan fingerprint density at radius 3 is 2.41 bits per heavy atom. The summed E-state index contributed by atoms with van der Waals surface area (Å²) >= 11 is 0.900. The summed E-state index contributed by atoms with van der Waals surface area (Å²) in [5.41, 5.74) is 2.51. The number of nitrogens with zero attached hydrogens (tertiary/aromatic N) is 1. The molecule has 1 aliphatic rings. The molecule has 0 saturated carbocycles. The maximum absolute atomic E-state index is 12.5. The van der Waals surface area contributed by atoms with Gasteiger partial charge < -0.3 is 10.1 Å². The van der Waals surface area contributed by atoms with Gasteiger partial charge in [-0.2, -0.15) is 0 Å². The smallest absolute Gasteiger partial charge is 0.293 e. The van der Waals surface area contributed by atoms with E-state index in [9.17, 15) is 14.4 Å². The number of ether oxygens (including phenoxy) is 1. The molecular weight excluding hydrogens is 388 g/mol. The SMILES string of the molecule is CCc1ccc(C(=O)NCCN2C(=O)SC(=Cc3ccc(OC)cc3)C2=O)cc1. The number of amides is 3. The van der Waals surface area contributed by atoms with Gasteiger partial charge in [-0.1, -0.05) is 31.2 Å². The minimum absolute atomic E-state index is 0.128. The topological polar surface area (TPSA) is 75.7 Å². The van der Waals surface area contributed by atoms with Gasteiger partial charge in [-0.05, 0) is 59.7 Å². The van der Waals surface area contributed by atoms with Crippen LogP contribution in [0.1, 0.15) is 28.4 Å². The maximum atomic E-state index is 12.5. The fourth-order valence-corrected chi connectivity index (χ4v) is 3.68. The third-order valence-electron chi connectivity index (χ3n) is 4.53. The Hall–Kier alpha value is -3.06. The van der Waals surface area contributed by atoms with Gasteiger partial charge in [0.15, 0.2) is 0 Å². The summed E-state index contributed by atoms with van der Waals surface area (Å²) in [6, 6.07) is 14.6. The van der Waals surface area contributed by atoms with Crippen LogP contribution in [0.15, 0.2) is 53.4 Å². The number of aryl methyl sites for hydroxylation is 1. The van der Waals surface area contributed by atoms with E-state index in [1.54, 1.807) is 37.5 Å². The molecule has 29 heavy (non-hydrogen) atoms. The molecule has 2 aromatic rings. The van der Waals surface area contributed by atoms with E-state index in [4.69, 9.17) is 4.74 Å². The van der Waals surface area contributed by atoms with Gasteiger partial charge in [-0.3, -0.25) is 19.3 Å². The van der Waals surface area contributed by atoms with E-state index >= 15 is 0 Å². The zero-order valence-electron chi connectivity index (χ0n) is 16.3. The predicted octanol–water partition coefficient (Wildman–Crippen LogP) is 3.72. The van der Waals surface area contributed by atoms with Crippen LogP contribution in [0.25, 0.3) is 6.08 Å². The molecule has 0 bridgehead atoms. The van der Waals surface area contributed by atoms with Crippen molar-refractivity contribution in [1.29, 1.82) is 0 Å². The van der Waals surface area contributed by atoms with Gasteiger partial charge in [-0.15, -0.1) is 0 Å². The number of methoxy groups -OCH3 is 1. The van der Waals surface area contributed by atoms with Crippen molar-refractivity contribution in [2.45, 2.75) is 13.3 Å². The lowest BCUT2D eigenvalue weighted by Gasteiger charge is -2.13. The van der Waals surface area contributed by atoms with Crippen molar-refractivity contribution in [3.8, 4) is 5.75 Å². The van der Waals surface area contributed by atoms with Crippen molar-refractivity contribution in [3.05, 3.63) is 70.1 Å². The highest BCUT2D eigenvalue weighted by atomic mass is 32.2. The van der Waals surface area contributed by atoms with E-state index in [0.717, 1.165) is 40.0 Å². The molecule has 1 N–H and O–H groups in total. The number of nitrogens with one attached hydrogen (secondary N) is 1. The molecule has 150 valence electrons. The average Bonchev–Trinajstić information content (AvgIpc) is 3.01. The summed E-state index contributed by atoms with van der Waals surface area (Å²) < 4.78 is 5.11. The van der Waals surface area contributed by atoms with Crippen molar-refractivity contribution in [1.82, 2.24) is 10.2 Å². The lowest BCUT2D eigenvalue weighted by Crippen LogP contribution is -2.37. The van der Waals surface area contributed by atoms with Crippen LogP contribution in [0, 0.1) is 0 Å². The number of benzene rings is 2. The molecule has 1 fully saturated rings. The molecule has 0 aromatic heterocycles. The first-order chi connectivity index (χ1) is 14.0. The summed E-state index contributed by atoms with van der Waals surface area (Å²) in [6.45, 7) is 2.38. The highest BCUT2D eigenvalue weighted by molar-refractivity contribution is 8.18. The quantitative estimate of drug-likeness (QED) is 0.704. The molecule has 6 nitrogen and oxygen atoms in total. The monoisotopic (exact) mass is 410 g/mol. The fraction of sp³-hybridized carbons (Fsp3) is 0.227. The van der Waals surface area contributed by atoms with Crippen molar-refractivity contribution < 1.29 is 19.1 Å². The zero-order valence-corrected chi connectivity index (χ0v) is 17.1. The lowest BCUT2D eigenvalue weighted by molar-refractivity contribution is -0.122. The number of carbonyl (C=O) groups excluding carboxylic acids is 3. The van der Waals surface area contributed by atoms with Crippen LogP contribution < -0.4 is 10.1 Å². The first kappa shape index (κ1) is 20.7. The maximum Gasteiger partial charge on any atom is 0.293 e.